The molecule has 25 heavy (non-hydrogen) atoms. The van der Waals surface area contributed by atoms with Gasteiger partial charge >= 0.3 is 9.28 Å². The second-order valence-electron chi connectivity index (χ2n) is 7.36. The first-order valence-electron chi connectivity index (χ1n) is 11.1. The maximum Gasteiger partial charge on any atom is 0.347 e. The van der Waals surface area contributed by atoms with Crippen molar-refractivity contribution in [3.05, 3.63) is 11.8 Å². The largest absolute Gasteiger partial charge is 0.397 e. The Labute approximate surface area is 160 Å². The highest BCUT2D eigenvalue weighted by Crippen LogP contribution is 2.14. The molecule has 0 aromatic rings. The third kappa shape index (κ3) is 20.0. The molecule has 0 aliphatic carbocycles. The summed E-state index contributed by atoms with van der Waals surface area (Å²) in [6.07, 6.45) is 26.3. The van der Waals surface area contributed by atoms with Crippen LogP contribution in [0.5, 0.6) is 0 Å². The Morgan fingerprint density at radius 1 is 0.560 bits per heavy atom. The van der Waals surface area contributed by atoms with Gasteiger partial charge in [-0.3, -0.25) is 0 Å². The van der Waals surface area contributed by atoms with Gasteiger partial charge in [-0.25, -0.2) is 0 Å². The lowest BCUT2D eigenvalue weighted by molar-refractivity contribution is 0.290. The van der Waals surface area contributed by atoms with Gasteiger partial charge in [-0.15, -0.1) is 0 Å². The molecule has 0 atom stereocenters. The number of hydrogen-bond donors (Lipinski definition) is 0. The molecule has 0 bridgehead atoms. The van der Waals surface area contributed by atoms with E-state index in [2.05, 4.69) is 18.7 Å². The van der Waals surface area contributed by atoms with Gasteiger partial charge in [0, 0.05) is 14.2 Å². The van der Waals surface area contributed by atoms with E-state index in [0.29, 0.717) is 0 Å². The molecule has 150 valence electrons. The van der Waals surface area contributed by atoms with Crippen molar-refractivity contribution in [1.29, 1.82) is 0 Å². The molecule has 0 rings (SSSR count). The highest BCUT2D eigenvalue weighted by molar-refractivity contribution is 6.50. The molecule has 0 saturated heterocycles. The smallest absolute Gasteiger partial charge is 0.347 e. The standard InChI is InChI=1S/C22H46O2Si/c1-4-5-6-7-8-9-10-11-12-13-14-15-16-17-18-19-20-21-22-25(23-2)24-3/h21-22,25H,4-20H2,1-3H3. The van der Waals surface area contributed by atoms with Crippen molar-refractivity contribution in [2.45, 2.75) is 116 Å². The molecule has 0 amide bonds. The summed E-state index contributed by atoms with van der Waals surface area (Å²) < 4.78 is 10.5. The first-order valence-corrected chi connectivity index (χ1v) is 12.7. The fourth-order valence-electron chi connectivity index (χ4n) is 3.27. The topological polar surface area (TPSA) is 18.5 Å². The average molecular weight is 371 g/mol. The van der Waals surface area contributed by atoms with E-state index in [4.69, 9.17) is 8.85 Å². The molecule has 0 radical (unpaired) electrons. The predicted molar refractivity (Wildman–Crippen MR) is 114 cm³/mol. The van der Waals surface area contributed by atoms with Crippen molar-refractivity contribution < 1.29 is 8.85 Å². The van der Waals surface area contributed by atoms with E-state index in [-0.39, 0.29) is 0 Å². The van der Waals surface area contributed by atoms with Crippen LogP contribution >= 0.6 is 0 Å². The Hall–Kier alpha value is -0.123. The van der Waals surface area contributed by atoms with Crippen LogP contribution in [0, 0.1) is 0 Å². The van der Waals surface area contributed by atoms with Gasteiger partial charge in [0.25, 0.3) is 0 Å². The molecule has 0 fully saturated rings. The minimum atomic E-state index is -1.47. The van der Waals surface area contributed by atoms with E-state index < -0.39 is 9.28 Å². The Balaban J connectivity index is 3.09. The monoisotopic (exact) mass is 370 g/mol. The molecule has 0 N–H and O–H groups in total. The van der Waals surface area contributed by atoms with Crippen molar-refractivity contribution in [2.75, 3.05) is 14.2 Å². The quantitative estimate of drug-likeness (QED) is 0.166. The Kier molecular flexibility index (Phi) is 21.8. The lowest BCUT2D eigenvalue weighted by atomic mass is 10.0. The first-order chi connectivity index (χ1) is 12.3. The van der Waals surface area contributed by atoms with Gasteiger partial charge in [0.2, 0.25) is 0 Å². The Bertz CT molecular complexity index is 265. The molecule has 0 saturated carbocycles. The normalized spacial score (nSPS) is 11.8. The highest BCUT2D eigenvalue weighted by atomic mass is 28.3. The summed E-state index contributed by atoms with van der Waals surface area (Å²) in [5.74, 6) is 0. The van der Waals surface area contributed by atoms with E-state index in [0.717, 1.165) is 0 Å². The molecule has 2 nitrogen and oxygen atoms in total. The van der Waals surface area contributed by atoms with Crippen LogP contribution in [0.15, 0.2) is 11.8 Å². The molecule has 0 unspecified atom stereocenters. The van der Waals surface area contributed by atoms with Crippen molar-refractivity contribution in [3.8, 4) is 0 Å². The molecule has 0 aliphatic rings. The van der Waals surface area contributed by atoms with Gasteiger partial charge in [-0.05, 0) is 18.5 Å². The van der Waals surface area contributed by atoms with Crippen molar-refractivity contribution in [3.63, 3.8) is 0 Å². The molecule has 0 aromatic heterocycles. The minimum Gasteiger partial charge on any atom is -0.397 e. The summed E-state index contributed by atoms with van der Waals surface area (Å²) in [6.45, 7) is 2.29. The van der Waals surface area contributed by atoms with Gasteiger partial charge < -0.3 is 8.85 Å². The Morgan fingerprint density at radius 2 is 0.920 bits per heavy atom. The van der Waals surface area contributed by atoms with Crippen molar-refractivity contribution in [1.82, 2.24) is 0 Å². The SMILES string of the molecule is CCCCCCCCCCCCCCCCCCC=C[SiH](OC)OC. The second-order valence-corrected chi connectivity index (χ2v) is 9.42. The Morgan fingerprint density at radius 3 is 1.28 bits per heavy atom. The number of hydrogen-bond acceptors (Lipinski definition) is 2. The van der Waals surface area contributed by atoms with Gasteiger partial charge in [0.1, 0.15) is 0 Å². The van der Waals surface area contributed by atoms with Crippen LogP contribution in [0.4, 0.5) is 0 Å². The van der Waals surface area contributed by atoms with E-state index in [1.165, 1.54) is 109 Å². The highest BCUT2D eigenvalue weighted by Gasteiger charge is 2.01. The van der Waals surface area contributed by atoms with Crippen LogP contribution in [0.1, 0.15) is 116 Å². The van der Waals surface area contributed by atoms with Gasteiger partial charge in [0.05, 0.1) is 0 Å². The first kappa shape index (κ1) is 24.9. The predicted octanol–water partition coefficient (Wildman–Crippen LogP) is 7.25. The lowest BCUT2D eigenvalue weighted by Gasteiger charge is -2.04. The summed E-state index contributed by atoms with van der Waals surface area (Å²) in [4.78, 5) is 0. The van der Waals surface area contributed by atoms with Crippen molar-refractivity contribution in [2.24, 2.45) is 0 Å². The van der Waals surface area contributed by atoms with Crippen molar-refractivity contribution >= 4 is 9.28 Å². The van der Waals surface area contributed by atoms with Crippen LogP contribution in [0.3, 0.4) is 0 Å². The summed E-state index contributed by atoms with van der Waals surface area (Å²) in [7, 11) is 2.00. The zero-order valence-corrected chi connectivity index (χ0v) is 18.7. The molecule has 3 heteroatoms. The van der Waals surface area contributed by atoms with E-state index in [1.807, 2.05) is 0 Å². The summed E-state index contributed by atoms with van der Waals surface area (Å²) in [5.41, 5.74) is 2.14. The molecular weight excluding hydrogens is 324 g/mol. The maximum absolute atomic E-state index is 5.26. The number of allylic oxidation sites excluding steroid dienone is 1. The number of rotatable bonds is 20. The molecule has 0 aliphatic heterocycles. The van der Waals surface area contributed by atoms with E-state index in [1.54, 1.807) is 14.2 Å². The second kappa shape index (κ2) is 21.9. The van der Waals surface area contributed by atoms with Crippen LogP contribution in [0.2, 0.25) is 0 Å². The van der Waals surface area contributed by atoms with Crippen LogP contribution in [-0.4, -0.2) is 23.5 Å². The summed E-state index contributed by atoms with van der Waals surface area (Å²) >= 11 is 0. The number of unbranched alkanes of at least 4 members (excludes halogenated alkanes) is 16. The molecule has 0 aromatic carbocycles. The third-order valence-electron chi connectivity index (χ3n) is 4.98. The maximum atomic E-state index is 5.26. The van der Waals surface area contributed by atoms with E-state index >= 15 is 0 Å². The van der Waals surface area contributed by atoms with E-state index in [9.17, 15) is 0 Å². The third-order valence-corrected chi connectivity index (χ3v) is 6.50. The van der Waals surface area contributed by atoms with Gasteiger partial charge in [0.15, 0.2) is 0 Å². The summed E-state index contributed by atoms with van der Waals surface area (Å²) in [6, 6.07) is 0. The fraction of sp³-hybridized carbons (Fsp3) is 0.909. The van der Waals surface area contributed by atoms with Crippen LogP contribution < -0.4 is 0 Å². The van der Waals surface area contributed by atoms with Crippen LogP contribution in [-0.2, 0) is 8.85 Å². The van der Waals surface area contributed by atoms with Gasteiger partial charge in [-0.1, -0.05) is 109 Å². The summed E-state index contributed by atoms with van der Waals surface area (Å²) in [5, 5.41) is 0. The molecule has 0 heterocycles. The molecule has 0 spiro atoms. The van der Waals surface area contributed by atoms with Gasteiger partial charge in [-0.2, -0.15) is 0 Å². The molecular formula is C22H46O2Si. The average Bonchev–Trinajstić information content (AvgIpc) is 2.64. The van der Waals surface area contributed by atoms with Crippen LogP contribution in [0.25, 0.3) is 0 Å². The fourth-order valence-corrected chi connectivity index (χ4v) is 4.19. The minimum absolute atomic E-state index is 1.18. The lowest BCUT2D eigenvalue weighted by Crippen LogP contribution is -2.15. The zero-order valence-electron chi connectivity index (χ0n) is 17.6. The zero-order chi connectivity index (χ0) is 18.4.